The molecule has 0 aliphatic heterocycles. The first-order valence-electron chi connectivity index (χ1n) is 6.84. The number of rotatable bonds is 6. The highest BCUT2D eigenvalue weighted by Crippen LogP contribution is 2.32. The Morgan fingerprint density at radius 2 is 1.95 bits per heavy atom. The van der Waals surface area contributed by atoms with Crippen LogP contribution in [0.25, 0.3) is 0 Å². The van der Waals surface area contributed by atoms with Crippen LogP contribution >= 0.6 is 11.6 Å². The van der Waals surface area contributed by atoms with Crippen molar-refractivity contribution >= 4 is 17.5 Å². The van der Waals surface area contributed by atoms with Crippen molar-refractivity contribution in [1.29, 1.82) is 0 Å². The van der Waals surface area contributed by atoms with Gasteiger partial charge in [0.2, 0.25) is 5.91 Å². The van der Waals surface area contributed by atoms with Crippen molar-refractivity contribution in [3.63, 3.8) is 0 Å². The first-order valence-corrected chi connectivity index (χ1v) is 7.22. The fourth-order valence-electron chi connectivity index (χ4n) is 2.13. The minimum absolute atomic E-state index is 0.0696. The van der Waals surface area contributed by atoms with Gasteiger partial charge in [-0.05, 0) is 50.3 Å². The SMILES string of the molecule is C[C@H](NCC(=O)N[C@H](C)C1CC1)c1ccc(Cl)cc1. The topological polar surface area (TPSA) is 41.1 Å². The zero-order valence-electron chi connectivity index (χ0n) is 11.4. The number of halogens is 1. The smallest absolute Gasteiger partial charge is 0.234 e. The van der Waals surface area contributed by atoms with Gasteiger partial charge in [-0.3, -0.25) is 4.79 Å². The maximum Gasteiger partial charge on any atom is 0.234 e. The van der Waals surface area contributed by atoms with Crippen molar-refractivity contribution in [2.24, 2.45) is 5.92 Å². The molecule has 4 heteroatoms. The average Bonchev–Trinajstić information content (AvgIpc) is 3.21. The molecule has 1 aromatic rings. The summed E-state index contributed by atoms with van der Waals surface area (Å²) in [6.07, 6.45) is 2.49. The number of benzene rings is 1. The normalized spacial score (nSPS) is 17.8. The molecule has 19 heavy (non-hydrogen) atoms. The third-order valence-corrected chi connectivity index (χ3v) is 3.91. The second kappa shape index (κ2) is 6.40. The minimum Gasteiger partial charge on any atom is -0.352 e. The Morgan fingerprint density at radius 1 is 1.32 bits per heavy atom. The lowest BCUT2D eigenvalue weighted by atomic mass is 10.1. The first kappa shape index (κ1) is 14.4. The zero-order chi connectivity index (χ0) is 13.8. The summed E-state index contributed by atoms with van der Waals surface area (Å²) in [4.78, 5) is 11.8. The predicted octanol–water partition coefficient (Wildman–Crippen LogP) is 2.91. The molecule has 104 valence electrons. The second-order valence-electron chi connectivity index (χ2n) is 5.35. The first-order chi connectivity index (χ1) is 9.06. The monoisotopic (exact) mass is 280 g/mol. The Hall–Kier alpha value is -1.06. The largest absolute Gasteiger partial charge is 0.352 e. The highest BCUT2D eigenvalue weighted by molar-refractivity contribution is 6.30. The van der Waals surface area contributed by atoms with E-state index in [4.69, 9.17) is 11.6 Å². The van der Waals surface area contributed by atoms with Crippen molar-refractivity contribution in [2.45, 2.75) is 38.8 Å². The van der Waals surface area contributed by atoms with Crippen LogP contribution in [0.4, 0.5) is 0 Å². The van der Waals surface area contributed by atoms with Gasteiger partial charge in [-0.25, -0.2) is 0 Å². The van der Waals surface area contributed by atoms with Crippen LogP contribution in [0, 0.1) is 5.92 Å². The maximum absolute atomic E-state index is 11.8. The van der Waals surface area contributed by atoms with Gasteiger partial charge in [0.25, 0.3) is 0 Å². The molecule has 0 unspecified atom stereocenters. The van der Waals surface area contributed by atoms with Crippen LogP contribution in [-0.4, -0.2) is 18.5 Å². The predicted molar refractivity (Wildman–Crippen MR) is 78.2 cm³/mol. The lowest BCUT2D eigenvalue weighted by molar-refractivity contribution is -0.121. The Morgan fingerprint density at radius 3 is 2.53 bits per heavy atom. The van der Waals surface area contributed by atoms with Gasteiger partial charge in [0.1, 0.15) is 0 Å². The van der Waals surface area contributed by atoms with E-state index in [1.807, 2.05) is 31.2 Å². The molecule has 2 N–H and O–H groups in total. The van der Waals surface area contributed by atoms with Gasteiger partial charge < -0.3 is 10.6 Å². The molecule has 0 aromatic heterocycles. The molecule has 2 rings (SSSR count). The molecule has 0 bridgehead atoms. The molecule has 1 aliphatic rings. The van der Waals surface area contributed by atoms with E-state index >= 15 is 0 Å². The van der Waals surface area contributed by atoms with Crippen LogP contribution < -0.4 is 10.6 Å². The van der Waals surface area contributed by atoms with E-state index in [0.717, 1.165) is 10.6 Å². The third-order valence-electron chi connectivity index (χ3n) is 3.66. The molecule has 1 amide bonds. The van der Waals surface area contributed by atoms with Crippen molar-refractivity contribution in [2.75, 3.05) is 6.54 Å². The third kappa shape index (κ3) is 4.51. The van der Waals surface area contributed by atoms with Crippen LogP contribution in [-0.2, 0) is 4.79 Å². The molecule has 0 radical (unpaired) electrons. The molecule has 1 aromatic carbocycles. The molecule has 0 spiro atoms. The van der Waals surface area contributed by atoms with Crippen molar-refractivity contribution < 1.29 is 4.79 Å². The summed E-state index contributed by atoms with van der Waals surface area (Å²) in [5, 5.41) is 6.99. The second-order valence-corrected chi connectivity index (χ2v) is 5.78. The Kier molecular flexibility index (Phi) is 4.83. The van der Waals surface area contributed by atoms with E-state index in [1.165, 1.54) is 12.8 Å². The van der Waals surface area contributed by atoms with Gasteiger partial charge in [-0.2, -0.15) is 0 Å². The van der Waals surface area contributed by atoms with Gasteiger partial charge in [-0.15, -0.1) is 0 Å². The minimum atomic E-state index is 0.0696. The summed E-state index contributed by atoms with van der Waals surface area (Å²) in [5.41, 5.74) is 1.13. The standard InChI is InChI=1S/C15H21ClN2O/c1-10(12-5-7-14(16)8-6-12)17-9-15(19)18-11(2)13-3-4-13/h5-8,10-11,13,17H,3-4,9H2,1-2H3,(H,18,19)/t10-,11+/m0/s1. The summed E-state index contributed by atoms with van der Waals surface area (Å²) in [6, 6.07) is 8.13. The van der Waals surface area contributed by atoms with Crippen molar-refractivity contribution in [3.05, 3.63) is 34.9 Å². The lowest BCUT2D eigenvalue weighted by Crippen LogP contribution is -2.40. The molecule has 2 atom stereocenters. The lowest BCUT2D eigenvalue weighted by Gasteiger charge is -2.16. The molecule has 3 nitrogen and oxygen atoms in total. The molecule has 0 saturated heterocycles. The van der Waals surface area contributed by atoms with Crippen molar-refractivity contribution in [1.82, 2.24) is 10.6 Å². The van der Waals surface area contributed by atoms with E-state index in [2.05, 4.69) is 17.6 Å². The number of carbonyl (C=O) groups is 1. The van der Waals surface area contributed by atoms with Gasteiger partial charge in [-0.1, -0.05) is 23.7 Å². The Labute approximate surface area is 119 Å². The highest BCUT2D eigenvalue weighted by Gasteiger charge is 2.28. The quantitative estimate of drug-likeness (QED) is 0.841. The summed E-state index contributed by atoms with van der Waals surface area (Å²) in [7, 11) is 0. The average molecular weight is 281 g/mol. The Bertz CT molecular complexity index is 428. The molecular formula is C15H21ClN2O. The van der Waals surface area contributed by atoms with E-state index in [0.29, 0.717) is 18.5 Å². The maximum atomic E-state index is 11.8. The number of hydrogen-bond donors (Lipinski definition) is 2. The van der Waals surface area contributed by atoms with Gasteiger partial charge >= 0.3 is 0 Å². The summed E-state index contributed by atoms with van der Waals surface area (Å²) >= 11 is 5.85. The van der Waals surface area contributed by atoms with E-state index in [-0.39, 0.29) is 11.9 Å². The van der Waals surface area contributed by atoms with Crippen LogP contribution in [0.1, 0.15) is 38.3 Å². The molecular weight excluding hydrogens is 260 g/mol. The molecule has 0 heterocycles. The summed E-state index contributed by atoms with van der Waals surface area (Å²) < 4.78 is 0. The van der Waals surface area contributed by atoms with E-state index < -0.39 is 0 Å². The van der Waals surface area contributed by atoms with Crippen LogP contribution in [0.2, 0.25) is 5.02 Å². The van der Waals surface area contributed by atoms with Crippen LogP contribution in [0.15, 0.2) is 24.3 Å². The summed E-state index contributed by atoms with van der Waals surface area (Å²) in [5.74, 6) is 0.762. The number of amides is 1. The molecule has 1 saturated carbocycles. The fraction of sp³-hybridized carbons (Fsp3) is 0.533. The van der Waals surface area contributed by atoms with Crippen molar-refractivity contribution in [3.8, 4) is 0 Å². The van der Waals surface area contributed by atoms with Gasteiger partial charge in [0.05, 0.1) is 6.54 Å². The fourth-order valence-corrected chi connectivity index (χ4v) is 2.26. The number of hydrogen-bond acceptors (Lipinski definition) is 2. The summed E-state index contributed by atoms with van der Waals surface area (Å²) in [6.45, 7) is 4.47. The number of nitrogens with one attached hydrogen (secondary N) is 2. The molecule has 1 fully saturated rings. The number of carbonyl (C=O) groups excluding carboxylic acids is 1. The Balaban J connectivity index is 1.74. The zero-order valence-corrected chi connectivity index (χ0v) is 12.2. The van der Waals surface area contributed by atoms with Gasteiger partial charge in [0.15, 0.2) is 0 Å². The van der Waals surface area contributed by atoms with Gasteiger partial charge in [0, 0.05) is 17.1 Å². The molecule has 1 aliphatic carbocycles. The van der Waals surface area contributed by atoms with Crippen LogP contribution in [0.5, 0.6) is 0 Å². The highest BCUT2D eigenvalue weighted by atomic mass is 35.5. The van der Waals surface area contributed by atoms with E-state index in [9.17, 15) is 4.79 Å². The van der Waals surface area contributed by atoms with Crippen LogP contribution in [0.3, 0.4) is 0 Å². The van der Waals surface area contributed by atoms with E-state index in [1.54, 1.807) is 0 Å².